The number of carbonyl (C=O) groups excluding carboxylic acids is 1. The molecule has 9 heteroatoms. The second-order valence-electron chi connectivity index (χ2n) is 8.14. The Morgan fingerprint density at radius 1 is 1.00 bits per heavy atom. The third-order valence-corrected chi connectivity index (χ3v) is 6.44. The second kappa shape index (κ2) is 9.94. The van der Waals surface area contributed by atoms with Crippen LogP contribution in [0.3, 0.4) is 0 Å². The maximum atomic E-state index is 12.5. The van der Waals surface area contributed by atoms with E-state index in [9.17, 15) is 20.1 Å². The van der Waals surface area contributed by atoms with Crippen LogP contribution in [0.15, 0.2) is 71.0 Å². The van der Waals surface area contributed by atoms with E-state index in [4.69, 9.17) is 0 Å². The number of rotatable bonds is 7. The first-order valence-corrected chi connectivity index (χ1v) is 11.7. The topological polar surface area (TPSA) is 110 Å². The summed E-state index contributed by atoms with van der Waals surface area (Å²) in [5.41, 5.74) is 2.04. The van der Waals surface area contributed by atoms with Crippen molar-refractivity contribution in [3.63, 3.8) is 0 Å². The molecule has 0 atom stereocenters. The molecule has 35 heavy (non-hydrogen) atoms. The highest BCUT2D eigenvalue weighted by Gasteiger charge is 2.25. The standard InChI is InChI=1S/C26H26N4O4S/c1-16(20-13-8-14-35-20)27-21-22(26(34)30(25(21)33)15-17-9-5-4-6-10-17)28-19-12-7-11-18(23(19)31)24(32)29(2)3/h4-14,28,31,33-34H,15H2,1-3H3. The van der Waals surface area contributed by atoms with Crippen molar-refractivity contribution in [1.82, 2.24) is 9.47 Å². The smallest absolute Gasteiger partial charge is 0.257 e. The molecule has 8 nitrogen and oxygen atoms in total. The summed E-state index contributed by atoms with van der Waals surface area (Å²) in [5, 5.41) is 37.9. The van der Waals surface area contributed by atoms with Crippen molar-refractivity contribution in [3.05, 3.63) is 82.0 Å². The van der Waals surface area contributed by atoms with Crippen molar-refractivity contribution in [2.75, 3.05) is 19.4 Å². The van der Waals surface area contributed by atoms with E-state index in [1.165, 1.54) is 26.9 Å². The molecule has 1 amide bonds. The Morgan fingerprint density at radius 3 is 2.40 bits per heavy atom. The zero-order chi connectivity index (χ0) is 25.1. The van der Waals surface area contributed by atoms with E-state index in [1.807, 2.05) is 54.8 Å². The lowest BCUT2D eigenvalue weighted by Gasteiger charge is -2.15. The number of para-hydroxylation sites is 1. The first-order chi connectivity index (χ1) is 16.8. The summed E-state index contributed by atoms with van der Waals surface area (Å²) < 4.78 is 1.34. The van der Waals surface area contributed by atoms with Gasteiger partial charge in [-0.1, -0.05) is 42.5 Å². The summed E-state index contributed by atoms with van der Waals surface area (Å²) in [4.78, 5) is 19.3. The van der Waals surface area contributed by atoms with E-state index >= 15 is 0 Å². The van der Waals surface area contributed by atoms with Crippen molar-refractivity contribution in [2.45, 2.75) is 13.5 Å². The quantitative estimate of drug-likeness (QED) is 0.208. The highest BCUT2D eigenvalue weighted by molar-refractivity contribution is 7.12. The number of benzene rings is 2. The number of carbonyl (C=O) groups is 1. The van der Waals surface area contributed by atoms with E-state index in [1.54, 1.807) is 26.2 Å². The molecule has 2 heterocycles. The Balaban J connectivity index is 1.83. The number of phenolic OH excluding ortho intramolecular Hbond substituents is 1. The maximum absolute atomic E-state index is 12.5. The number of anilines is 2. The van der Waals surface area contributed by atoms with Crippen LogP contribution >= 0.6 is 11.3 Å². The minimum absolute atomic E-state index is 0.104. The summed E-state index contributed by atoms with van der Waals surface area (Å²) >= 11 is 1.51. The van der Waals surface area contributed by atoms with Gasteiger partial charge in [0.1, 0.15) is 5.69 Å². The number of aromatic hydroxyl groups is 3. The first-order valence-electron chi connectivity index (χ1n) is 10.9. The molecule has 4 rings (SSSR count). The van der Waals surface area contributed by atoms with Gasteiger partial charge in [0, 0.05) is 19.0 Å². The molecule has 0 aliphatic carbocycles. The fourth-order valence-electron chi connectivity index (χ4n) is 3.62. The van der Waals surface area contributed by atoms with Gasteiger partial charge in [-0.25, -0.2) is 4.99 Å². The molecule has 2 aromatic heterocycles. The number of aliphatic imine (C=N–C) groups is 1. The summed E-state index contributed by atoms with van der Waals surface area (Å²) in [6.45, 7) is 2.01. The zero-order valence-electron chi connectivity index (χ0n) is 19.6. The molecule has 0 aliphatic heterocycles. The van der Waals surface area contributed by atoms with Crippen LogP contribution in [0.1, 0.15) is 27.7 Å². The Hall–Kier alpha value is -4.24. The third kappa shape index (κ3) is 4.85. The van der Waals surface area contributed by atoms with Crippen LogP contribution in [0.25, 0.3) is 0 Å². The number of nitrogens with one attached hydrogen (secondary N) is 1. The van der Waals surface area contributed by atoms with Crippen LogP contribution < -0.4 is 5.32 Å². The summed E-state index contributed by atoms with van der Waals surface area (Å²) in [5.74, 6) is -1.13. The molecule has 0 fully saturated rings. The van der Waals surface area contributed by atoms with Gasteiger partial charge >= 0.3 is 0 Å². The minimum Gasteiger partial charge on any atom is -0.505 e. The molecular formula is C26H26N4O4S. The van der Waals surface area contributed by atoms with Gasteiger partial charge < -0.3 is 25.5 Å². The molecular weight excluding hydrogens is 464 g/mol. The van der Waals surface area contributed by atoms with Crippen LogP contribution in [0.4, 0.5) is 17.1 Å². The van der Waals surface area contributed by atoms with E-state index in [0.717, 1.165) is 10.4 Å². The predicted octanol–water partition coefficient (Wildman–Crippen LogP) is 5.30. The summed E-state index contributed by atoms with van der Waals surface area (Å²) in [6, 6.07) is 17.9. The summed E-state index contributed by atoms with van der Waals surface area (Å²) in [6.07, 6.45) is 0. The van der Waals surface area contributed by atoms with Crippen molar-refractivity contribution in [1.29, 1.82) is 0 Å². The number of amides is 1. The van der Waals surface area contributed by atoms with Gasteiger partial charge in [0.15, 0.2) is 11.4 Å². The van der Waals surface area contributed by atoms with Gasteiger partial charge in [0.2, 0.25) is 11.8 Å². The van der Waals surface area contributed by atoms with Crippen LogP contribution in [0.2, 0.25) is 0 Å². The number of nitrogens with zero attached hydrogens (tertiary/aromatic N) is 3. The van der Waals surface area contributed by atoms with Gasteiger partial charge in [-0.15, -0.1) is 11.3 Å². The van der Waals surface area contributed by atoms with E-state index in [2.05, 4.69) is 10.3 Å². The van der Waals surface area contributed by atoms with Crippen LogP contribution in [-0.2, 0) is 6.54 Å². The lowest BCUT2D eigenvalue weighted by molar-refractivity contribution is 0.0824. The second-order valence-corrected chi connectivity index (χ2v) is 9.09. The molecule has 4 N–H and O–H groups in total. The molecule has 4 aromatic rings. The number of aromatic nitrogens is 1. The number of hydrogen-bond donors (Lipinski definition) is 4. The molecule has 0 radical (unpaired) electrons. The largest absolute Gasteiger partial charge is 0.505 e. The van der Waals surface area contributed by atoms with Gasteiger partial charge in [0.25, 0.3) is 5.91 Å². The summed E-state index contributed by atoms with van der Waals surface area (Å²) in [7, 11) is 3.19. The zero-order valence-corrected chi connectivity index (χ0v) is 20.4. The lowest BCUT2D eigenvalue weighted by atomic mass is 10.1. The number of phenols is 1. The Bertz CT molecular complexity index is 1380. The normalized spacial score (nSPS) is 11.5. The van der Waals surface area contributed by atoms with Crippen molar-refractivity contribution < 1.29 is 20.1 Å². The Labute approximate surface area is 207 Å². The van der Waals surface area contributed by atoms with Gasteiger partial charge in [-0.3, -0.25) is 9.36 Å². The number of hydrogen-bond acceptors (Lipinski definition) is 7. The average molecular weight is 491 g/mol. The Morgan fingerprint density at radius 2 is 1.74 bits per heavy atom. The molecule has 0 aliphatic rings. The lowest BCUT2D eigenvalue weighted by Crippen LogP contribution is -2.21. The van der Waals surface area contributed by atoms with E-state index < -0.39 is 0 Å². The van der Waals surface area contributed by atoms with Crippen LogP contribution in [0, 0.1) is 0 Å². The Kier molecular flexibility index (Phi) is 6.79. The molecule has 0 saturated carbocycles. The molecule has 2 aromatic carbocycles. The fraction of sp³-hybridized carbons (Fsp3) is 0.154. The highest BCUT2D eigenvalue weighted by Crippen LogP contribution is 2.48. The van der Waals surface area contributed by atoms with Gasteiger partial charge in [-0.2, -0.15) is 0 Å². The molecule has 0 unspecified atom stereocenters. The molecule has 0 spiro atoms. The molecule has 180 valence electrons. The molecule has 0 bridgehead atoms. The fourth-order valence-corrected chi connectivity index (χ4v) is 4.29. The van der Waals surface area contributed by atoms with Crippen LogP contribution in [-0.4, -0.2) is 50.5 Å². The van der Waals surface area contributed by atoms with Gasteiger partial charge in [-0.05, 0) is 36.1 Å². The SMILES string of the molecule is CC(=Nc1c(Nc2cccc(C(=O)N(C)C)c2O)c(O)n(Cc2ccccc2)c1O)c1cccs1. The monoisotopic (exact) mass is 490 g/mol. The predicted molar refractivity (Wildman–Crippen MR) is 139 cm³/mol. The first kappa shape index (κ1) is 23.9. The van der Waals surface area contributed by atoms with E-state index in [-0.39, 0.29) is 52.6 Å². The van der Waals surface area contributed by atoms with Crippen molar-refractivity contribution in [2.24, 2.45) is 4.99 Å². The van der Waals surface area contributed by atoms with E-state index in [0.29, 0.717) is 5.71 Å². The highest BCUT2D eigenvalue weighted by atomic mass is 32.1. The minimum atomic E-state index is -0.369. The van der Waals surface area contributed by atoms with Gasteiger partial charge in [0.05, 0.1) is 23.5 Å². The number of thiophene rings is 1. The van der Waals surface area contributed by atoms with Crippen LogP contribution in [0.5, 0.6) is 17.5 Å². The average Bonchev–Trinajstić information content (AvgIpc) is 3.46. The molecule has 0 saturated heterocycles. The third-order valence-electron chi connectivity index (χ3n) is 5.46. The van der Waals surface area contributed by atoms with Crippen molar-refractivity contribution in [3.8, 4) is 17.5 Å². The van der Waals surface area contributed by atoms with Crippen molar-refractivity contribution >= 4 is 40.0 Å². The maximum Gasteiger partial charge on any atom is 0.257 e.